The van der Waals surface area contributed by atoms with Crippen LogP contribution >= 0.6 is 46.9 Å². The van der Waals surface area contributed by atoms with Crippen molar-refractivity contribution in [1.29, 1.82) is 0 Å². The summed E-state index contributed by atoms with van der Waals surface area (Å²) < 4.78 is 35.0. The number of aliphatic hydroxyl groups is 1. The summed E-state index contributed by atoms with van der Waals surface area (Å²) in [5.41, 5.74) is 3.68. The van der Waals surface area contributed by atoms with E-state index >= 15 is 0 Å². The Morgan fingerprint density at radius 1 is 0.690 bits per heavy atom. The van der Waals surface area contributed by atoms with Gasteiger partial charge in [0.15, 0.2) is 0 Å². The Kier molecular flexibility index (Phi) is 23.6. The van der Waals surface area contributed by atoms with Gasteiger partial charge in [0.1, 0.15) is 55.9 Å². The number of nitrogens with one attached hydrogen (secondary N) is 1. The summed E-state index contributed by atoms with van der Waals surface area (Å²) in [5.74, 6) is 3.27. The molecule has 0 aliphatic carbocycles. The Hall–Kier alpha value is -5.51. The number of alkyl carbamates (subject to hydrolysis) is 1. The molecule has 0 spiro atoms. The zero-order valence-electron chi connectivity index (χ0n) is 40.9. The molecule has 378 valence electrons. The fourth-order valence-corrected chi connectivity index (χ4v) is 9.55. The van der Waals surface area contributed by atoms with E-state index in [9.17, 15) is 19.5 Å². The minimum atomic E-state index is -0.680. The molecule has 0 aliphatic rings. The fraction of sp³-hybridized carbons (Fsp3) is 0.339. The Morgan fingerprint density at radius 3 is 1.65 bits per heavy atom. The zero-order valence-corrected chi connectivity index (χ0v) is 44.1. The number of thioether (sulfide) groups is 3. The van der Waals surface area contributed by atoms with Crippen molar-refractivity contribution in [2.75, 3.05) is 56.0 Å². The number of rotatable bonds is 29. The highest BCUT2D eigenvalue weighted by atomic mass is 35.5. The first kappa shape index (κ1) is 56.4. The maximum absolute atomic E-state index is 12.9. The Labute approximate surface area is 436 Å². The van der Waals surface area contributed by atoms with Gasteiger partial charge in [0, 0.05) is 55.7 Å². The van der Waals surface area contributed by atoms with Crippen LogP contribution in [0.2, 0.25) is 5.02 Å². The molecule has 5 rings (SSSR count). The lowest BCUT2D eigenvalue weighted by Crippen LogP contribution is -2.35. The number of aliphatic hydroxyl groups excluding tert-OH is 1. The summed E-state index contributed by atoms with van der Waals surface area (Å²) >= 11 is 10.8. The third-order valence-corrected chi connectivity index (χ3v) is 14.4. The third-order valence-electron chi connectivity index (χ3n) is 10.8. The molecule has 11 nitrogen and oxygen atoms in total. The first-order valence-electron chi connectivity index (χ1n) is 23.3. The van der Waals surface area contributed by atoms with Crippen LogP contribution in [0.1, 0.15) is 56.4 Å². The van der Waals surface area contributed by atoms with Crippen molar-refractivity contribution in [3.63, 3.8) is 0 Å². The molecule has 71 heavy (non-hydrogen) atoms. The number of hydrogen-bond donors (Lipinski definition) is 2. The van der Waals surface area contributed by atoms with Gasteiger partial charge >= 0.3 is 18.0 Å². The van der Waals surface area contributed by atoms with Crippen molar-refractivity contribution >= 4 is 64.9 Å². The van der Waals surface area contributed by atoms with Crippen LogP contribution in [0.25, 0.3) is 0 Å². The largest absolute Gasteiger partial charge is 0.491 e. The van der Waals surface area contributed by atoms with Gasteiger partial charge in [-0.05, 0) is 117 Å². The number of ether oxygens (including phenoxy) is 6. The molecule has 0 saturated heterocycles. The summed E-state index contributed by atoms with van der Waals surface area (Å²) in [7, 11) is 0. The van der Waals surface area contributed by atoms with E-state index in [2.05, 4.69) is 37.9 Å². The van der Waals surface area contributed by atoms with Crippen molar-refractivity contribution in [2.24, 2.45) is 0 Å². The predicted octanol–water partition coefficient (Wildman–Crippen LogP) is 11.9. The number of carbonyl (C=O) groups is 3. The smallest absolute Gasteiger partial charge is 0.407 e. The molecule has 4 atom stereocenters. The average Bonchev–Trinajstić information content (AvgIpc) is 3.37. The van der Waals surface area contributed by atoms with Crippen molar-refractivity contribution in [1.82, 2.24) is 5.32 Å². The summed E-state index contributed by atoms with van der Waals surface area (Å²) in [6.07, 6.45) is 2.84. The topological polar surface area (TPSA) is 139 Å². The third kappa shape index (κ3) is 19.6. The molecule has 4 unspecified atom stereocenters. The molecule has 0 fully saturated rings. The Morgan fingerprint density at radius 2 is 1.17 bits per heavy atom. The van der Waals surface area contributed by atoms with Gasteiger partial charge in [-0.25, -0.2) is 9.59 Å². The average molecular weight is 1040 g/mol. The maximum atomic E-state index is 12.9. The second kappa shape index (κ2) is 29.7. The lowest BCUT2D eigenvalue weighted by molar-refractivity contribution is -0.146. The second-order valence-electron chi connectivity index (χ2n) is 16.7. The van der Waals surface area contributed by atoms with E-state index in [4.69, 9.17) is 40.0 Å². The lowest BCUT2D eigenvalue weighted by atomic mass is 9.71. The Bertz CT molecular complexity index is 2450. The highest BCUT2D eigenvalue weighted by Crippen LogP contribution is 2.41. The molecule has 15 heteroatoms. The van der Waals surface area contributed by atoms with Crippen LogP contribution in [-0.2, 0) is 29.2 Å². The van der Waals surface area contributed by atoms with Crippen LogP contribution in [0.4, 0.5) is 4.79 Å². The van der Waals surface area contributed by atoms with Gasteiger partial charge in [0.05, 0.1) is 12.6 Å². The van der Waals surface area contributed by atoms with Gasteiger partial charge in [-0.1, -0.05) is 91.4 Å². The van der Waals surface area contributed by atoms with Gasteiger partial charge < -0.3 is 38.8 Å². The number of halogens is 1. The molecule has 0 aliphatic heterocycles. The van der Waals surface area contributed by atoms with Crippen molar-refractivity contribution in [2.45, 2.75) is 74.6 Å². The van der Waals surface area contributed by atoms with E-state index in [1.807, 2.05) is 128 Å². The second-order valence-corrected chi connectivity index (χ2v) is 20.4. The summed E-state index contributed by atoms with van der Waals surface area (Å²) in [4.78, 5) is 38.7. The molecular weight excluding hydrogens is 978 g/mol. The monoisotopic (exact) mass is 1040 g/mol. The van der Waals surface area contributed by atoms with Crippen molar-refractivity contribution in [3.05, 3.63) is 173 Å². The predicted molar refractivity (Wildman–Crippen MR) is 288 cm³/mol. The van der Waals surface area contributed by atoms with E-state index in [1.54, 1.807) is 42.2 Å². The van der Waals surface area contributed by atoms with Crippen LogP contribution < -0.4 is 19.5 Å². The summed E-state index contributed by atoms with van der Waals surface area (Å²) in [6.45, 7) is 13.3. The molecule has 2 N–H and O–H groups in total. The van der Waals surface area contributed by atoms with Crippen molar-refractivity contribution in [3.8, 4) is 17.2 Å². The quantitative estimate of drug-likeness (QED) is 0.00894. The van der Waals surface area contributed by atoms with E-state index in [-0.39, 0.29) is 44.5 Å². The number of aryl methyl sites for hydroxylation is 1. The summed E-state index contributed by atoms with van der Waals surface area (Å²) in [6, 6.07) is 39.2. The van der Waals surface area contributed by atoms with Crippen LogP contribution in [0.5, 0.6) is 17.2 Å². The van der Waals surface area contributed by atoms with E-state index in [0.29, 0.717) is 39.5 Å². The number of esters is 2. The van der Waals surface area contributed by atoms with E-state index < -0.39 is 35.8 Å². The van der Waals surface area contributed by atoms with Gasteiger partial charge in [-0.2, -0.15) is 11.8 Å². The highest BCUT2D eigenvalue weighted by molar-refractivity contribution is 7.99. The standard InChI is InChI=1S/C56H64ClNO10S3/c1-7-8-9-32-69-36-46(60)33-64-47-20-12-42(13-21-47)56(6,43-14-22-48(23-15-43)65-34-50(67-41(5)59)37-70-53-28-18-45(57)19-29-53)44-16-24-49(25-17-44)66-35-51(38-71-52-26-10-40(4)11-27-52)68-55(62)58-30-31-63-54(61)39(2)3/h8-29,46,50-51,60H,2,7,30-38H2,1,3-6H3,(H,58,62)/b9-8-. The first-order valence-corrected chi connectivity index (χ1v) is 26.8. The first-order chi connectivity index (χ1) is 34.2. The molecule has 5 aromatic rings. The number of carbonyl (C=O) groups excluding carboxylic acids is 3. The Balaban J connectivity index is 1.32. The minimum absolute atomic E-state index is 0.0217. The normalized spacial score (nSPS) is 13.3. The molecule has 1 amide bonds. The molecule has 0 radical (unpaired) electrons. The number of allylic oxidation sites excluding steroid dienone is 1. The van der Waals surface area contributed by atoms with Gasteiger partial charge in [-0.3, -0.25) is 4.79 Å². The van der Waals surface area contributed by atoms with Crippen LogP contribution in [0, 0.1) is 6.92 Å². The fourth-order valence-electron chi connectivity index (χ4n) is 6.90. The van der Waals surface area contributed by atoms with E-state index in [1.165, 1.54) is 6.92 Å². The zero-order chi connectivity index (χ0) is 51.0. The van der Waals surface area contributed by atoms with Gasteiger partial charge in [0.25, 0.3) is 0 Å². The minimum Gasteiger partial charge on any atom is -0.491 e. The summed E-state index contributed by atoms with van der Waals surface area (Å²) in [5, 5.41) is 13.9. The molecule has 0 bridgehead atoms. The maximum Gasteiger partial charge on any atom is 0.407 e. The van der Waals surface area contributed by atoms with Gasteiger partial charge in [-0.15, -0.1) is 23.5 Å². The van der Waals surface area contributed by atoms with E-state index in [0.717, 1.165) is 44.2 Å². The number of amides is 1. The SMILES string of the molecule is C=C(C)C(=O)OCCNC(=O)OC(COc1ccc(C(C)(c2ccc(OCC(O)CSC/C=C\CC)cc2)c2ccc(OCC(CSc3ccc(Cl)cc3)OC(C)=O)cc2)cc1)CSc1ccc(C)cc1. The van der Waals surface area contributed by atoms with Crippen LogP contribution in [0.15, 0.2) is 155 Å². The molecule has 5 aromatic carbocycles. The number of hydrogen-bond acceptors (Lipinski definition) is 13. The molecule has 0 heterocycles. The highest BCUT2D eigenvalue weighted by Gasteiger charge is 2.32. The van der Waals surface area contributed by atoms with Gasteiger partial charge in [0.2, 0.25) is 0 Å². The lowest BCUT2D eigenvalue weighted by Gasteiger charge is -2.32. The molecule has 0 saturated carbocycles. The number of benzene rings is 5. The van der Waals surface area contributed by atoms with Crippen LogP contribution in [-0.4, -0.2) is 97.4 Å². The molecule has 0 aromatic heterocycles. The van der Waals surface area contributed by atoms with Crippen LogP contribution in [0.3, 0.4) is 0 Å². The van der Waals surface area contributed by atoms with Crippen molar-refractivity contribution < 1.29 is 47.9 Å². The molecular formula is C56H64ClNO10S3.